The molecular weight excluding hydrogens is 768 g/mol. The first-order valence-electron chi connectivity index (χ1n) is 20.9. The average Bonchev–Trinajstić information content (AvgIpc) is 3.48. The summed E-state index contributed by atoms with van der Waals surface area (Å²) in [6.45, 7) is 6.55. The molecule has 3 aliphatic heterocycles. The number of allylic oxidation sites excluding steroid dienone is 1. The molecular formula is C40H66O18. The molecule has 0 amide bonds. The van der Waals surface area contributed by atoms with Crippen LogP contribution in [0, 0.1) is 28.6 Å². The Morgan fingerprint density at radius 3 is 2.14 bits per heavy atom. The molecule has 3 heterocycles. The maximum Gasteiger partial charge on any atom is 0.311 e. The molecule has 7 rings (SSSR count). The van der Waals surface area contributed by atoms with Gasteiger partial charge in [0, 0.05) is 12.5 Å². The van der Waals surface area contributed by atoms with Crippen LogP contribution >= 0.6 is 0 Å². The van der Waals surface area contributed by atoms with Crippen molar-refractivity contribution in [3.63, 3.8) is 0 Å². The lowest BCUT2D eigenvalue weighted by atomic mass is 9.45. The van der Waals surface area contributed by atoms with Crippen molar-refractivity contribution in [2.24, 2.45) is 28.6 Å². The maximum absolute atomic E-state index is 12.7. The van der Waals surface area contributed by atoms with Gasteiger partial charge in [0.2, 0.25) is 0 Å². The van der Waals surface area contributed by atoms with Crippen LogP contribution in [0.25, 0.3) is 0 Å². The van der Waals surface area contributed by atoms with Gasteiger partial charge in [-0.1, -0.05) is 25.5 Å². The summed E-state index contributed by atoms with van der Waals surface area (Å²) < 4.78 is 41.0. The molecule has 9 unspecified atom stereocenters. The van der Waals surface area contributed by atoms with E-state index in [1.165, 1.54) is 12.7 Å². The zero-order valence-corrected chi connectivity index (χ0v) is 33.9. The largest absolute Gasteiger partial charge is 0.394 e. The lowest BCUT2D eigenvalue weighted by Crippen LogP contribution is -2.69. The van der Waals surface area contributed by atoms with Gasteiger partial charge >= 0.3 is 5.97 Å². The third-order valence-corrected chi connectivity index (χ3v) is 15.7. The number of ether oxygens (including phenoxy) is 7. The SMILES string of the molecule is COC1[C@@H](O[C@]2(O)OC(CO)[C@@H](O)C(O)[C@@H]2O)C(C)O[C@@H](O[C@H]2CC[C@@]3(C)C(=CCC4C3CC[C@]3(C)[C@@H](C(C)O[C@@H]5OC(CO)[C@@H](O)C(O)[C@@H]5O)CC[C@]43O)C2)[C@H]1O. The van der Waals surface area contributed by atoms with Gasteiger partial charge in [-0.05, 0) is 88.4 Å². The lowest BCUT2D eigenvalue weighted by molar-refractivity contribution is -0.473. The van der Waals surface area contributed by atoms with E-state index in [2.05, 4.69) is 19.9 Å². The van der Waals surface area contributed by atoms with Gasteiger partial charge in [-0.2, -0.15) is 0 Å². The van der Waals surface area contributed by atoms with E-state index in [4.69, 9.17) is 33.2 Å². The number of hydrogen-bond donors (Lipinski definition) is 11. The molecule has 58 heavy (non-hydrogen) atoms. The van der Waals surface area contributed by atoms with Gasteiger partial charge in [-0.3, -0.25) is 0 Å². The molecule has 3 saturated heterocycles. The lowest BCUT2D eigenvalue weighted by Gasteiger charge is -2.61. The highest BCUT2D eigenvalue weighted by atomic mass is 16.8. The van der Waals surface area contributed by atoms with Crippen LogP contribution in [0.3, 0.4) is 0 Å². The van der Waals surface area contributed by atoms with Crippen molar-refractivity contribution in [1.29, 1.82) is 0 Å². The fraction of sp³-hybridized carbons (Fsp3) is 0.950. The summed E-state index contributed by atoms with van der Waals surface area (Å²) >= 11 is 0. The van der Waals surface area contributed by atoms with Crippen molar-refractivity contribution < 1.29 is 89.3 Å². The van der Waals surface area contributed by atoms with Gasteiger partial charge in [0.1, 0.15) is 61.0 Å². The van der Waals surface area contributed by atoms with Crippen molar-refractivity contribution in [2.45, 2.75) is 189 Å². The summed E-state index contributed by atoms with van der Waals surface area (Å²) in [6, 6.07) is 0. The van der Waals surface area contributed by atoms with E-state index in [-0.39, 0.29) is 29.3 Å². The van der Waals surface area contributed by atoms with Crippen molar-refractivity contribution >= 4 is 0 Å². The van der Waals surface area contributed by atoms with Gasteiger partial charge in [-0.25, -0.2) is 0 Å². The van der Waals surface area contributed by atoms with Crippen LogP contribution in [0.1, 0.15) is 79.1 Å². The summed E-state index contributed by atoms with van der Waals surface area (Å²) in [7, 11) is 1.33. The molecule has 6 fully saturated rings. The highest BCUT2D eigenvalue weighted by Crippen LogP contribution is 2.68. The predicted molar refractivity (Wildman–Crippen MR) is 197 cm³/mol. The van der Waals surface area contributed by atoms with Crippen LogP contribution in [-0.2, 0) is 33.2 Å². The fourth-order valence-electron chi connectivity index (χ4n) is 12.1. The first kappa shape index (κ1) is 45.1. The molecule has 18 nitrogen and oxygen atoms in total. The molecule has 7 aliphatic rings. The number of aliphatic hydroxyl groups is 11. The average molecular weight is 835 g/mol. The van der Waals surface area contributed by atoms with Crippen molar-refractivity contribution in [3.05, 3.63) is 11.6 Å². The quantitative estimate of drug-likeness (QED) is 0.0830. The number of aliphatic hydroxyl groups excluding tert-OH is 9. The second-order valence-electron chi connectivity index (χ2n) is 18.5. The number of rotatable bonds is 10. The summed E-state index contributed by atoms with van der Waals surface area (Å²) in [5, 5.41) is 117. The number of fused-ring (bicyclic) bond motifs is 5. The normalized spacial score (nSPS) is 55.2. The Hall–Kier alpha value is -0.980. The topological polar surface area (TPSA) is 287 Å². The Morgan fingerprint density at radius 2 is 1.47 bits per heavy atom. The van der Waals surface area contributed by atoms with E-state index in [9.17, 15) is 56.2 Å². The molecule has 0 aromatic heterocycles. The highest BCUT2D eigenvalue weighted by Gasteiger charge is 2.67. The number of methoxy groups -OCH3 is 1. The Balaban J connectivity index is 0.998. The zero-order chi connectivity index (χ0) is 42.3. The van der Waals surface area contributed by atoms with Gasteiger partial charge in [0.15, 0.2) is 18.7 Å². The first-order chi connectivity index (χ1) is 27.3. The van der Waals surface area contributed by atoms with E-state index in [0.29, 0.717) is 32.1 Å². The van der Waals surface area contributed by atoms with Crippen molar-refractivity contribution in [2.75, 3.05) is 20.3 Å². The Kier molecular flexibility index (Phi) is 12.9. The number of hydrogen-bond acceptors (Lipinski definition) is 18. The molecule has 0 aromatic carbocycles. The molecule has 0 bridgehead atoms. The van der Waals surface area contributed by atoms with E-state index in [1.54, 1.807) is 6.92 Å². The summed E-state index contributed by atoms with van der Waals surface area (Å²) in [6.07, 6.45) is -12.9. The van der Waals surface area contributed by atoms with Crippen LogP contribution in [-0.4, -0.2) is 186 Å². The molecule has 18 heteroatoms. The van der Waals surface area contributed by atoms with Gasteiger partial charge in [-0.15, -0.1) is 0 Å². The third-order valence-electron chi connectivity index (χ3n) is 15.7. The van der Waals surface area contributed by atoms with Crippen molar-refractivity contribution in [1.82, 2.24) is 0 Å². The summed E-state index contributed by atoms with van der Waals surface area (Å²) in [5.41, 5.74) is -0.463. The molecule has 334 valence electrons. The fourth-order valence-corrected chi connectivity index (χ4v) is 12.1. The second-order valence-corrected chi connectivity index (χ2v) is 18.5. The standard InChI is InChI=1S/C40H66O18/c1-17(53-35-30(47)28(45)26(43)24(15-41)56-35)21-10-13-39(50)23-7-6-19-14-20(8-11-37(19,3)22(23)9-12-38(21,39)4)55-36-31(48)33(52-5)32(18(2)54-36)58-40(51)34(49)29(46)27(44)25(16-42)57-40/h6,17-18,20-36,41-51H,7-16H2,1-5H3/t17?,18?,20-,21+,22?,23?,24?,25?,26+,27+,28?,29?,30-,31-,32-,33?,34-,35+,36-,37-,38+,39-,40+/m0/s1. The van der Waals surface area contributed by atoms with Gasteiger partial charge < -0.3 is 89.3 Å². The Bertz CT molecular complexity index is 1470. The minimum atomic E-state index is -2.87. The molecule has 0 radical (unpaired) electrons. The first-order valence-corrected chi connectivity index (χ1v) is 20.9. The van der Waals surface area contributed by atoms with E-state index in [0.717, 1.165) is 19.3 Å². The molecule has 4 aliphatic carbocycles. The smallest absolute Gasteiger partial charge is 0.311 e. The third kappa shape index (κ3) is 7.23. The molecule has 11 N–H and O–H groups in total. The minimum absolute atomic E-state index is 0.0100. The Morgan fingerprint density at radius 1 is 0.776 bits per heavy atom. The predicted octanol–water partition coefficient (Wildman–Crippen LogP) is -2.10. The second kappa shape index (κ2) is 16.6. The molecule has 0 spiro atoms. The summed E-state index contributed by atoms with van der Waals surface area (Å²) in [5.74, 6) is -2.77. The van der Waals surface area contributed by atoms with Gasteiger partial charge in [0.25, 0.3) is 0 Å². The van der Waals surface area contributed by atoms with E-state index < -0.39 is 122 Å². The maximum atomic E-state index is 12.7. The minimum Gasteiger partial charge on any atom is -0.394 e. The molecule has 0 aromatic rings. The Labute approximate surface area is 338 Å². The van der Waals surface area contributed by atoms with Crippen LogP contribution < -0.4 is 0 Å². The van der Waals surface area contributed by atoms with Gasteiger partial charge in [0.05, 0.1) is 37.1 Å². The van der Waals surface area contributed by atoms with Crippen LogP contribution in [0.4, 0.5) is 0 Å². The molecule has 23 atom stereocenters. The van der Waals surface area contributed by atoms with Crippen molar-refractivity contribution in [3.8, 4) is 0 Å². The highest BCUT2D eigenvalue weighted by molar-refractivity contribution is 5.28. The monoisotopic (exact) mass is 834 g/mol. The van der Waals surface area contributed by atoms with Crippen LogP contribution in [0.15, 0.2) is 11.6 Å². The van der Waals surface area contributed by atoms with E-state index in [1.807, 2.05) is 6.92 Å². The summed E-state index contributed by atoms with van der Waals surface area (Å²) in [4.78, 5) is 0. The zero-order valence-electron chi connectivity index (χ0n) is 33.9. The molecule has 3 saturated carbocycles. The van der Waals surface area contributed by atoms with Crippen LogP contribution in [0.2, 0.25) is 0 Å². The van der Waals surface area contributed by atoms with E-state index >= 15 is 0 Å². The van der Waals surface area contributed by atoms with Crippen LogP contribution in [0.5, 0.6) is 0 Å².